The highest BCUT2D eigenvalue weighted by molar-refractivity contribution is 7.80. The number of thiol groups is 1. The Morgan fingerprint density at radius 1 is 1.17 bits per heavy atom. The highest BCUT2D eigenvalue weighted by Gasteiger charge is 2.20. The molecule has 1 fully saturated rings. The predicted molar refractivity (Wildman–Crippen MR) is 124 cm³/mol. The van der Waals surface area contributed by atoms with Crippen molar-refractivity contribution in [3.05, 3.63) is 48.0 Å². The number of hydrogen-bond acceptors (Lipinski definition) is 6. The molecule has 1 heterocycles. The Morgan fingerprint density at radius 2 is 1.87 bits per heavy atom. The second-order valence-electron chi connectivity index (χ2n) is 6.87. The molecular weight excluding hydrogens is 422 g/mol. The van der Waals surface area contributed by atoms with Crippen LogP contribution in [0.25, 0.3) is 0 Å². The molecule has 0 aromatic heterocycles. The molecule has 0 amide bonds. The smallest absolute Gasteiger partial charge is 0.222 e. The number of ether oxygens (including phenoxy) is 2. The first-order valence-corrected chi connectivity index (χ1v) is 11.6. The van der Waals surface area contributed by atoms with Gasteiger partial charge in [0.2, 0.25) is 10.9 Å². The van der Waals surface area contributed by atoms with Crippen LogP contribution in [0.5, 0.6) is 11.5 Å². The summed E-state index contributed by atoms with van der Waals surface area (Å²) in [5.41, 5.74) is 1.80. The highest BCUT2D eigenvalue weighted by Crippen LogP contribution is 2.39. The van der Waals surface area contributed by atoms with Gasteiger partial charge in [0.15, 0.2) is 5.75 Å². The fourth-order valence-electron chi connectivity index (χ4n) is 3.13. The van der Waals surface area contributed by atoms with Crippen LogP contribution in [0.1, 0.15) is 25.3 Å². The number of morpholine rings is 1. The molecular formula is C21H27N3O4S2. The van der Waals surface area contributed by atoms with Crippen molar-refractivity contribution >= 4 is 39.5 Å². The summed E-state index contributed by atoms with van der Waals surface area (Å²) in [4.78, 5) is 2.73. The Morgan fingerprint density at radius 3 is 2.53 bits per heavy atom. The average Bonchev–Trinajstić information content (AvgIpc) is 2.76. The van der Waals surface area contributed by atoms with Crippen molar-refractivity contribution < 1.29 is 17.9 Å². The lowest BCUT2D eigenvalue weighted by Gasteiger charge is -2.30. The summed E-state index contributed by atoms with van der Waals surface area (Å²) >= 11 is 5.70. The second-order valence-corrected chi connectivity index (χ2v) is 7.99. The number of para-hydroxylation sites is 1. The summed E-state index contributed by atoms with van der Waals surface area (Å²) in [7, 11) is -2.88. The van der Waals surface area contributed by atoms with Gasteiger partial charge in [0.05, 0.1) is 24.6 Å². The Hall–Kier alpha value is -2.36. The van der Waals surface area contributed by atoms with Crippen LogP contribution >= 0.6 is 12.2 Å². The lowest BCUT2D eigenvalue weighted by molar-refractivity contribution is 0.0693. The van der Waals surface area contributed by atoms with E-state index in [0.717, 1.165) is 24.9 Å². The van der Waals surface area contributed by atoms with Crippen LogP contribution < -0.4 is 14.8 Å². The maximum atomic E-state index is 11.5. The van der Waals surface area contributed by atoms with Gasteiger partial charge < -0.3 is 19.7 Å². The van der Waals surface area contributed by atoms with Gasteiger partial charge in [-0.15, -0.1) is 0 Å². The van der Waals surface area contributed by atoms with Gasteiger partial charge in [-0.2, -0.15) is 0 Å². The first-order valence-electron chi connectivity index (χ1n) is 10.0. The molecule has 0 aliphatic carbocycles. The Kier molecular flexibility index (Phi) is 8.30. The summed E-state index contributed by atoms with van der Waals surface area (Å²) in [5, 5.41) is 3.38. The van der Waals surface area contributed by atoms with Gasteiger partial charge >= 0.3 is 0 Å². The Bertz CT molecular complexity index is 921. The number of unbranched alkanes of at least 4 members (excludes halogenated alkanes) is 1. The average molecular weight is 450 g/mol. The molecule has 2 N–H and O–H groups in total. The molecule has 3 rings (SSSR count). The van der Waals surface area contributed by atoms with Gasteiger partial charge in [-0.3, -0.25) is 4.72 Å². The van der Waals surface area contributed by atoms with Crippen molar-refractivity contribution in [2.75, 3.05) is 42.9 Å². The minimum Gasteiger partial charge on any atom is -0.453 e. The first-order chi connectivity index (χ1) is 14.6. The summed E-state index contributed by atoms with van der Waals surface area (Å²) in [5.74, 6) is 1.04. The van der Waals surface area contributed by atoms with Gasteiger partial charge in [-0.25, -0.2) is 8.42 Å². The normalized spacial score (nSPS) is 13.9. The standard InChI is InChI=1S/C21H27N3O4S2/c1-2-3-9-22-18-14-16(21(29)24-10-12-27-13-11-24)15-19(23-30(25)26)20(18)28-17-7-5-4-6-8-17/h4-8,14-15,22,30H,2-3,9-13H2,1H3,(H,23,25,26). The van der Waals surface area contributed by atoms with Crippen LogP contribution in [-0.2, 0) is 15.6 Å². The Labute approximate surface area is 184 Å². The number of anilines is 2. The fraction of sp³-hybridized carbons (Fsp3) is 0.381. The van der Waals surface area contributed by atoms with Crippen LogP contribution in [0, 0.1) is 0 Å². The Balaban J connectivity index is 2.01. The van der Waals surface area contributed by atoms with E-state index in [1.54, 1.807) is 6.07 Å². The van der Waals surface area contributed by atoms with E-state index in [-0.39, 0.29) is 0 Å². The van der Waals surface area contributed by atoms with Crippen LogP contribution in [0.3, 0.4) is 0 Å². The summed E-state index contributed by atoms with van der Waals surface area (Å²) in [6.07, 6.45) is 2.01. The molecule has 1 aliphatic heterocycles. The van der Waals surface area contributed by atoms with Crippen molar-refractivity contribution in [1.82, 2.24) is 4.90 Å². The first kappa shape index (κ1) is 22.3. The predicted octanol–water partition coefficient (Wildman–Crippen LogP) is 3.64. The molecule has 2 aromatic rings. The second kappa shape index (κ2) is 11.1. The molecule has 162 valence electrons. The third-order valence-electron chi connectivity index (χ3n) is 4.65. The summed E-state index contributed by atoms with van der Waals surface area (Å²) in [6.45, 7) is 5.50. The van der Waals surface area contributed by atoms with E-state index in [2.05, 4.69) is 21.9 Å². The van der Waals surface area contributed by atoms with E-state index in [4.69, 9.17) is 21.7 Å². The topological polar surface area (TPSA) is 79.9 Å². The van der Waals surface area contributed by atoms with Gasteiger partial charge in [-0.1, -0.05) is 43.8 Å². The molecule has 1 saturated heterocycles. The van der Waals surface area contributed by atoms with Gasteiger partial charge in [0, 0.05) is 25.2 Å². The molecule has 0 atom stereocenters. The minimum absolute atomic E-state index is 0.349. The largest absolute Gasteiger partial charge is 0.453 e. The number of rotatable bonds is 9. The van der Waals surface area contributed by atoms with E-state index in [0.29, 0.717) is 54.2 Å². The highest BCUT2D eigenvalue weighted by atomic mass is 32.2. The molecule has 0 bridgehead atoms. The number of hydrogen-bond donors (Lipinski definition) is 3. The molecule has 9 heteroatoms. The fourth-order valence-corrected chi connectivity index (χ4v) is 3.79. The molecule has 7 nitrogen and oxygen atoms in total. The third-order valence-corrected chi connectivity index (χ3v) is 5.57. The van der Waals surface area contributed by atoms with Crippen LogP contribution in [0.15, 0.2) is 42.5 Å². The number of nitrogens with one attached hydrogen (secondary N) is 2. The third kappa shape index (κ3) is 6.07. The van der Waals surface area contributed by atoms with E-state index in [9.17, 15) is 8.42 Å². The van der Waals surface area contributed by atoms with E-state index >= 15 is 0 Å². The van der Waals surface area contributed by atoms with Crippen molar-refractivity contribution in [1.29, 1.82) is 0 Å². The number of benzene rings is 2. The zero-order valence-electron chi connectivity index (χ0n) is 16.9. The number of thiocarbonyl (C=S) groups is 1. The number of nitrogens with zero attached hydrogens (tertiary/aromatic N) is 1. The van der Waals surface area contributed by atoms with Gasteiger partial charge in [-0.05, 0) is 30.7 Å². The van der Waals surface area contributed by atoms with Gasteiger partial charge in [0.1, 0.15) is 10.7 Å². The molecule has 0 spiro atoms. The van der Waals surface area contributed by atoms with Crippen molar-refractivity contribution in [3.63, 3.8) is 0 Å². The zero-order valence-corrected chi connectivity index (χ0v) is 18.6. The van der Waals surface area contributed by atoms with Gasteiger partial charge in [0.25, 0.3) is 0 Å². The zero-order chi connectivity index (χ0) is 21.3. The molecule has 30 heavy (non-hydrogen) atoms. The van der Waals surface area contributed by atoms with Crippen molar-refractivity contribution in [2.24, 2.45) is 0 Å². The monoisotopic (exact) mass is 449 g/mol. The summed E-state index contributed by atoms with van der Waals surface area (Å²) in [6, 6.07) is 12.9. The molecule has 0 saturated carbocycles. The molecule has 1 aliphatic rings. The van der Waals surface area contributed by atoms with Crippen LogP contribution in [0.2, 0.25) is 0 Å². The quantitative estimate of drug-likeness (QED) is 0.306. The van der Waals surface area contributed by atoms with Crippen LogP contribution in [0.4, 0.5) is 11.4 Å². The van der Waals surface area contributed by atoms with Crippen molar-refractivity contribution in [3.8, 4) is 11.5 Å². The van der Waals surface area contributed by atoms with Crippen molar-refractivity contribution in [2.45, 2.75) is 19.8 Å². The maximum absolute atomic E-state index is 11.5. The molecule has 0 radical (unpaired) electrons. The van der Waals surface area contributed by atoms with E-state index in [1.807, 2.05) is 36.4 Å². The molecule has 0 unspecified atom stereocenters. The lowest BCUT2D eigenvalue weighted by atomic mass is 10.1. The minimum atomic E-state index is -2.88. The lowest BCUT2D eigenvalue weighted by Crippen LogP contribution is -2.40. The maximum Gasteiger partial charge on any atom is 0.222 e. The SMILES string of the molecule is CCCCNc1cc(C(=S)N2CCOCC2)cc(N[SH](=O)=O)c1Oc1ccccc1. The van der Waals surface area contributed by atoms with E-state index < -0.39 is 10.9 Å². The van der Waals surface area contributed by atoms with E-state index in [1.165, 1.54) is 0 Å². The van der Waals surface area contributed by atoms with Crippen LogP contribution in [-0.4, -0.2) is 51.2 Å². The molecule has 2 aromatic carbocycles. The summed E-state index contributed by atoms with van der Waals surface area (Å²) < 4.78 is 37.0.